The van der Waals surface area contributed by atoms with Crippen molar-refractivity contribution in [3.05, 3.63) is 71.9 Å². The lowest BCUT2D eigenvalue weighted by Gasteiger charge is -2.34. The van der Waals surface area contributed by atoms with Gasteiger partial charge in [-0.3, -0.25) is 14.4 Å². The first-order chi connectivity index (χ1) is 20.6. The van der Waals surface area contributed by atoms with Gasteiger partial charge in [-0.25, -0.2) is 4.79 Å². The van der Waals surface area contributed by atoms with Gasteiger partial charge in [0, 0.05) is 36.5 Å². The van der Waals surface area contributed by atoms with Crippen LogP contribution in [-0.2, 0) is 32.0 Å². The van der Waals surface area contributed by atoms with Crippen LogP contribution in [0.4, 0.5) is 4.79 Å². The molecule has 43 heavy (non-hydrogen) atoms. The van der Waals surface area contributed by atoms with E-state index in [1.54, 1.807) is 6.92 Å². The average molecular weight is 591 g/mol. The number of aromatic nitrogens is 1. The largest absolute Gasteiger partial charge is 0.481 e. The summed E-state index contributed by atoms with van der Waals surface area (Å²) in [6, 6.07) is 16.8. The van der Waals surface area contributed by atoms with Crippen LogP contribution in [0.25, 0.3) is 10.9 Å². The summed E-state index contributed by atoms with van der Waals surface area (Å²) < 4.78 is 5.84. The van der Waals surface area contributed by atoms with Gasteiger partial charge in [-0.15, -0.1) is 0 Å². The molecule has 1 aliphatic rings. The van der Waals surface area contributed by atoms with Gasteiger partial charge in [0.1, 0.15) is 11.6 Å². The van der Waals surface area contributed by atoms with Crippen molar-refractivity contribution in [3.8, 4) is 0 Å². The molecule has 4 atom stereocenters. The molecule has 1 heterocycles. The van der Waals surface area contributed by atoms with Crippen LogP contribution in [0.3, 0.4) is 0 Å². The lowest BCUT2D eigenvalue weighted by molar-refractivity contribution is -0.138. The number of H-pyrrole nitrogens is 1. The second-order valence-corrected chi connectivity index (χ2v) is 11.8. The number of aliphatic carboxylic acids is 1. The molecule has 0 saturated heterocycles. The second kappa shape index (κ2) is 14.7. The minimum Gasteiger partial charge on any atom is -0.481 e. The van der Waals surface area contributed by atoms with Crippen molar-refractivity contribution in [1.29, 1.82) is 0 Å². The zero-order valence-electron chi connectivity index (χ0n) is 24.9. The maximum Gasteiger partial charge on any atom is 0.408 e. The molecular formula is C33H42N4O6. The van der Waals surface area contributed by atoms with Crippen LogP contribution in [0.2, 0.25) is 0 Å². The van der Waals surface area contributed by atoms with Crippen LogP contribution < -0.4 is 16.0 Å². The van der Waals surface area contributed by atoms with Crippen LogP contribution in [0.15, 0.2) is 60.8 Å². The molecule has 3 amide bonds. The molecule has 2 aromatic carbocycles. The molecule has 0 radical (unpaired) electrons. The Morgan fingerprint density at radius 1 is 1.02 bits per heavy atom. The number of carboxylic acid groups (broad SMARTS) is 1. The fraction of sp³-hybridized carbons (Fsp3) is 0.455. The number of ether oxygens (including phenoxy) is 1. The minimum atomic E-state index is -1.39. The highest BCUT2D eigenvalue weighted by Crippen LogP contribution is 2.27. The SMILES string of the molecule is CC1CCCC[C@H]1OC(=O)N[C@](C)(Cc1c[nH]c2ccccc12)C(=O)N[C@@H](CNC(=O)CCC(=O)O)Cc1ccccc1. The fourth-order valence-electron chi connectivity index (χ4n) is 5.65. The van der Waals surface area contributed by atoms with Crippen molar-refractivity contribution in [2.75, 3.05) is 6.54 Å². The predicted molar refractivity (Wildman–Crippen MR) is 163 cm³/mol. The molecule has 10 nitrogen and oxygen atoms in total. The molecule has 5 N–H and O–H groups in total. The van der Waals surface area contributed by atoms with E-state index in [4.69, 9.17) is 9.84 Å². The van der Waals surface area contributed by atoms with E-state index in [1.807, 2.05) is 60.8 Å². The summed E-state index contributed by atoms with van der Waals surface area (Å²) >= 11 is 0. The zero-order chi connectivity index (χ0) is 30.8. The molecule has 1 fully saturated rings. The number of fused-ring (bicyclic) bond motifs is 1. The van der Waals surface area contributed by atoms with E-state index in [-0.39, 0.29) is 37.8 Å². The number of carbonyl (C=O) groups is 4. The number of para-hydroxylation sites is 1. The number of carbonyl (C=O) groups excluding carboxylic acids is 3. The minimum absolute atomic E-state index is 0.0896. The van der Waals surface area contributed by atoms with Gasteiger partial charge in [0.2, 0.25) is 11.8 Å². The van der Waals surface area contributed by atoms with Crippen molar-refractivity contribution in [2.24, 2.45) is 5.92 Å². The molecule has 4 rings (SSSR count). The maximum absolute atomic E-state index is 14.1. The number of carboxylic acids is 1. The monoisotopic (exact) mass is 590 g/mol. The first-order valence-corrected chi connectivity index (χ1v) is 15.0. The van der Waals surface area contributed by atoms with Crippen molar-refractivity contribution >= 4 is 34.8 Å². The van der Waals surface area contributed by atoms with Crippen molar-refractivity contribution in [3.63, 3.8) is 0 Å². The maximum atomic E-state index is 14.1. The summed E-state index contributed by atoms with van der Waals surface area (Å²) in [7, 11) is 0. The highest BCUT2D eigenvalue weighted by Gasteiger charge is 2.38. The zero-order valence-corrected chi connectivity index (χ0v) is 24.9. The summed E-state index contributed by atoms with van der Waals surface area (Å²) in [5.74, 6) is -1.65. The summed E-state index contributed by atoms with van der Waals surface area (Å²) in [4.78, 5) is 53.8. The number of amides is 3. The van der Waals surface area contributed by atoms with Gasteiger partial charge in [0.05, 0.1) is 12.5 Å². The third-order valence-electron chi connectivity index (χ3n) is 8.16. The van der Waals surface area contributed by atoms with Gasteiger partial charge in [0.25, 0.3) is 0 Å². The lowest BCUT2D eigenvalue weighted by Crippen LogP contribution is -2.61. The Labute approximate surface area is 252 Å². The number of hydrogen-bond acceptors (Lipinski definition) is 5. The van der Waals surface area contributed by atoms with E-state index in [0.29, 0.717) is 6.42 Å². The third kappa shape index (κ3) is 9.07. The number of alkyl carbamates (subject to hydrolysis) is 1. The summed E-state index contributed by atoms with van der Waals surface area (Å²) in [6.07, 6.45) is 5.05. The molecule has 1 saturated carbocycles. The Morgan fingerprint density at radius 3 is 2.49 bits per heavy atom. The molecular weight excluding hydrogens is 548 g/mol. The van der Waals surface area contributed by atoms with Gasteiger partial charge in [-0.2, -0.15) is 0 Å². The average Bonchev–Trinajstić information content (AvgIpc) is 3.38. The molecule has 1 unspecified atom stereocenters. The molecule has 1 aromatic heterocycles. The Kier molecular flexibility index (Phi) is 10.8. The summed E-state index contributed by atoms with van der Waals surface area (Å²) in [5.41, 5.74) is 1.35. The van der Waals surface area contributed by atoms with Crippen molar-refractivity contribution in [1.82, 2.24) is 20.9 Å². The smallest absolute Gasteiger partial charge is 0.408 e. The number of hydrogen-bond donors (Lipinski definition) is 5. The highest BCUT2D eigenvalue weighted by molar-refractivity contribution is 5.92. The van der Waals surface area contributed by atoms with Gasteiger partial charge in [-0.05, 0) is 55.7 Å². The molecule has 10 heteroatoms. The van der Waals surface area contributed by atoms with Gasteiger partial charge in [0.15, 0.2) is 0 Å². The number of aromatic amines is 1. The fourth-order valence-corrected chi connectivity index (χ4v) is 5.65. The van der Waals surface area contributed by atoms with Crippen LogP contribution in [0.5, 0.6) is 0 Å². The second-order valence-electron chi connectivity index (χ2n) is 11.8. The van der Waals surface area contributed by atoms with Crippen molar-refractivity contribution < 1.29 is 29.0 Å². The Morgan fingerprint density at radius 2 is 1.74 bits per heavy atom. The van der Waals surface area contributed by atoms with Crippen LogP contribution in [0, 0.1) is 5.92 Å². The van der Waals surface area contributed by atoms with E-state index < -0.39 is 35.5 Å². The van der Waals surface area contributed by atoms with Gasteiger partial charge in [-0.1, -0.05) is 61.9 Å². The first kappa shape index (κ1) is 31.6. The molecule has 0 bridgehead atoms. The van der Waals surface area contributed by atoms with E-state index >= 15 is 0 Å². The predicted octanol–water partition coefficient (Wildman–Crippen LogP) is 4.48. The topological polar surface area (TPSA) is 150 Å². The summed E-state index contributed by atoms with van der Waals surface area (Å²) in [6.45, 7) is 3.85. The third-order valence-corrected chi connectivity index (χ3v) is 8.16. The van der Waals surface area contributed by atoms with E-state index in [2.05, 4.69) is 27.9 Å². The van der Waals surface area contributed by atoms with Gasteiger partial charge < -0.3 is 30.8 Å². The highest BCUT2D eigenvalue weighted by atomic mass is 16.6. The van der Waals surface area contributed by atoms with Crippen LogP contribution in [0.1, 0.15) is 63.5 Å². The van der Waals surface area contributed by atoms with E-state index in [9.17, 15) is 19.2 Å². The number of benzene rings is 2. The molecule has 0 spiro atoms. The van der Waals surface area contributed by atoms with Crippen LogP contribution >= 0.6 is 0 Å². The first-order valence-electron chi connectivity index (χ1n) is 15.0. The molecule has 0 aliphatic heterocycles. The Balaban J connectivity index is 1.55. The van der Waals surface area contributed by atoms with Crippen LogP contribution in [-0.4, -0.2) is 58.2 Å². The van der Waals surface area contributed by atoms with E-state index in [0.717, 1.165) is 47.7 Å². The quantitative estimate of drug-likeness (QED) is 0.198. The Hall–Kier alpha value is -4.34. The van der Waals surface area contributed by atoms with E-state index in [1.165, 1.54) is 0 Å². The Bertz CT molecular complexity index is 1410. The van der Waals surface area contributed by atoms with Gasteiger partial charge >= 0.3 is 12.1 Å². The number of nitrogens with one attached hydrogen (secondary N) is 4. The number of rotatable bonds is 13. The molecule has 230 valence electrons. The lowest BCUT2D eigenvalue weighted by atomic mass is 9.88. The molecule has 3 aromatic rings. The normalized spacial score (nSPS) is 18.7. The standard InChI is InChI=1S/C33H42N4O6/c1-22-10-6-9-15-28(22)43-32(42)37-33(2,19-24-20-34-27-14-8-7-13-26(24)27)31(41)36-25(18-23-11-4-3-5-12-23)21-35-29(38)16-17-30(39)40/h3-5,7-8,11-14,20,22,25,28,34H,6,9-10,15-19,21H2,1-2H3,(H,35,38)(H,36,41)(H,37,42)(H,39,40)/t22?,25-,28-,33-/m1/s1. The molecule has 1 aliphatic carbocycles. The van der Waals surface area contributed by atoms with Crippen molar-refractivity contribution in [2.45, 2.75) is 82.9 Å². The summed E-state index contributed by atoms with van der Waals surface area (Å²) in [5, 5.41) is 18.6.